The Bertz CT molecular complexity index is 937. The van der Waals surface area contributed by atoms with Crippen molar-refractivity contribution in [1.82, 2.24) is 10.2 Å². The first-order valence-electron chi connectivity index (χ1n) is 7.57. The molecule has 0 bridgehead atoms. The van der Waals surface area contributed by atoms with E-state index in [4.69, 9.17) is 0 Å². The Hall–Kier alpha value is -2.59. The monoisotopic (exact) mass is 411 g/mol. The minimum Gasteiger partial charge on any atom is -0.435 e. The lowest BCUT2D eigenvalue weighted by molar-refractivity contribution is -0.0498. The molecule has 5 nitrogen and oxygen atoms in total. The smallest absolute Gasteiger partial charge is 0.387 e. The van der Waals surface area contributed by atoms with Crippen LogP contribution < -0.4 is 10.1 Å². The van der Waals surface area contributed by atoms with E-state index in [0.29, 0.717) is 15.7 Å². The number of rotatable bonds is 7. The summed E-state index contributed by atoms with van der Waals surface area (Å²) in [5.74, 6) is -0.566. The predicted molar refractivity (Wildman–Crippen MR) is 96.9 cm³/mol. The molecule has 1 N–H and O–H groups in total. The van der Waals surface area contributed by atoms with Crippen LogP contribution in [0.4, 0.5) is 18.3 Å². The van der Waals surface area contributed by atoms with Crippen molar-refractivity contribution >= 4 is 34.1 Å². The quantitative estimate of drug-likeness (QED) is 0.446. The van der Waals surface area contributed by atoms with Crippen LogP contribution in [-0.2, 0) is 5.75 Å². The molecule has 0 fully saturated rings. The molecular weight excluding hydrogens is 399 g/mol. The lowest BCUT2D eigenvalue weighted by atomic mass is 10.2. The standard InChI is InChI=1S/C17H12F3N3O2S2/c18-13-7-2-1-4-11(13)9-26-17-23-22-16(27-17)21-14(24)10-5-3-6-12(8-10)25-15(19)20/h1-8,15H,9H2,(H,21,22,24). The number of halogens is 3. The van der Waals surface area contributed by atoms with E-state index in [1.807, 2.05) is 0 Å². The highest BCUT2D eigenvalue weighted by molar-refractivity contribution is 8.00. The van der Waals surface area contributed by atoms with E-state index < -0.39 is 12.5 Å². The molecule has 27 heavy (non-hydrogen) atoms. The Morgan fingerprint density at radius 2 is 2.00 bits per heavy atom. The molecule has 10 heteroatoms. The summed E-state index contributed by atoms with van der Waals surface area (Å²) in [6, 6.07) is 11.8. The number of ether oxygens (including phenoxy) is 1. The van der Waals surface area contributed by atoms with Crippen LogP contribution in [-0.4, -0.2) is 22.7 Å². The van der Waals surface area contributed by atoms with Crippen LogP contribution in [0, 0.1) is 5.82 Å². The number of nitrogens with one attached hydrogen (secondary N) is 1. The molecular formula is C17H12F3N3O2S2. The van der Waals surface area contributed by atoms with Gasteiger partial charge in [0.05, 0.1) is 0 Å². The number of carbonyl (C=O) groups excluding carboxylic acids is 1. The molecule has 1 heterocycles. The van der Waals surface area contributed by atoms with Gasteiger partial charge in [0.2, 0.25) is 5.13 Å². The van der Waals surface area contributed by atoms with Gasteiger partial charge in [-0.15, -0.1) is 10.2 Å². The van der Waals surface area contributed by atoms with Crippen molar-refractivity contribution in [3.63, 3.8) is 0 Å². The van der Waals surface area contributed by atoms with E-state index in [1.165, 1.54) is 42.1 Å². The number of alkyl halides is 2. The van der Waals surface area contributed by atoms with E-state index >= 15 is 0 Å². The molecule has 2 aromatic carbocycles. The summed E-state index contributed by atoms with van der Waals surface area (Å²) < 4.78 is 43.0. The second kappa shape index (κ2) is 8.87. The zero-order valence-corrected chi connectivity index (χ0v) is 15.2. The zero-order chi connectivity index (χ0) is 19.2. The number of nitrogens with zero attached hydrogens (tertiary/aromatic N) is 2. The second-order valence-electron chi connectivity index (χ2n) is 5.11. The summed E-state index contributed by atoms with van der Waals surface area (Å²) in [7, 11) is 0. The average molecular weight is 411 g/mol. The van der Waals surface area contributed by atoms with Crippen molar-refractivity contribution < 1.29 is 22.7 Å². The van der Waals surface area contributed by atoms with Crippen molar-refractivity contribution in [1.29, 1.82) is 0 Å². The van der Waals surface area contributed by atoms with Gasteiger partial charge in [0.15, 0.2) is 4.34 Å². The van der Waals surface area contributed by atoms with Gasteiger partial charge in [-0.1, -0.05) is 47.4 Å². The third-order valence-electron chi connectivity index (χ3n) is 3.26. The number of carbonyl (C=O) groups is 1. The van der Waals surface area contributed by atoms with Gasteiger partial charge in [0.1, 0.15) is 11.6 Å². The van der Waals surface area contributed by atoms with Gasteiger partial charge in [0, 0.05) is 11.3 Å². The molecule has 3 aromatic rings. The third kappa shape index (κ3) is 5.44. The van der Waals surface area contributed by atoms with Gasteiger partial charge in [-0.2, -0.15) is 8.78 Å². The maximum absolute atomic E-state index is 13.6. The topological polar surface area (TPSA) is 64.1 Å². The summed E-state index contributed by atoms with van der Waals surface area (Å²) in [6.07, 6.45) is 0. The molecule has 1 amide bonds. The zero-order valence-electron chi connectivity index (χ0n) is 13.6. The van der Waals surface area contributed by atoms with Gasteiger partial charge in [-0.25, -0.2) is 4.39 Å². The maximum Gasteiger partial charge on any atom is 0.387 e. The van der Waals surface area contributed by atoms with Gasteiger partial charge in [-0.3, -0.25) is 10.1 Å². The molecule has 0 saturated heterocycles. The van der Waals surface area contributed by atoms with Crippen LogP contribution in [0.1, 0.15) is 15.9 Å². The van der Waals surface area contributed by atoms with Crippen molar-refractivity contribution in [2.45, 2.75) is 16.7 Å². The fourth-order valence-electron chi connectivity index (χ4n) is 2.06. The summed E-state index contributed by atoms with van der Waals surface area (Å²) in [6.45, 7) is -2.97. The lowest BCUT2D eigenvalue weighted by Crippen LogP contribution is -2.12. The third-order valence-corrected chi connectivity index (χ3v) is 5.28. The Morgan fingerprint density at radius 1 is 1.19 bits per heavy atom. The summed E-state index contributed by atoms with van der Waals surface area (Å²) >= 11 is 2.42. The maximum atomic E-state index is 13.6. The lowest BCUT2D eigenvalue weighted by Gasteiger charge is -2.06. The first-order valence-corrected chi connectivity index (χ1v) is 9.37. The molecule has 0 atom stereocenters. The minimum absolute atomic E-state index is 0.115. The number of hydrogen-bond donors (Lipinski definition) is 1. The van der Waals surface area contributed by atoms with E-state index in [9.17, 15) is 18.0 Å². The molecule has 0 saturated carbocycles. The van der Waals surface area contributed by atoms with E-state index in [2.05, 4.69) is 20.3 Å². The molecule has 3 rings (SSSR count). The first-order chi connectivity index (χ1) is 13.0. The SMILES string of the molecule is O=C(Nc1nnc(SCc2ccccc2F)s1)c1cccc(OC(F)F)c1. The highest BCUT2D eigenvalue weighted by Gasteiger charge is 2.13. The molecule has 0 unspecified atom stereocenters. The molecule has 0 spiro atoms. The van der Waals surface area contributed by atoms with Gasteiger partial charge in [-0.05, 0) is 29.8 Å². The number of amides is 1. The van der Waals surface area contributed by atoms with E-state index in [-0.39, 0.29) is 22.3 Å². The van der Waals surface area contributed by atoms with Gasteiger partial charge >= 0.3 is 6.61 Å². The van der Waals surface area contributed by atoms with Crippen LogP contribution in [0.3, 0.4) is 0 Å². The number of anilines is 1. The predicted octanol–water partition coefficient (Wildman–Crippen LogP) is 4.82. The Kier molecular flexibility index (Phi) is 6.30. The van der Waals surface area contributed by atoms with Crippen LogP contribution >= 0.6 is 23.1 Å². The van der Waals surface area contributed by atoms with Crippen LogP contribution in [0.15, 0.2) is 52.9 Å². The Morgan fingerprint density at radius 3 is 2.78 bits per heavy atom. The van der Waals surface area contributed by atoms with Crippen molar-refractivity contribution in [2.24, 2.45) is 0 Å². The van der Waals surface area contributed by atoms with Crippen molar-refractivity contribution in [2.75, 3.05) is 5.32 Å². The fraction of sp³-hybridized carbons (Fsp3) is 0.118. The van der Waals surface area contributed by atoms with Crippen LogP contribution in [0.2, 0.25) is 0 Å². The molecule has 0 aliphatic heterocycles. The van der Waals surface area contributed by atoms with Crippen molar-refractivity contribution in [3.05, 3.63) is 65.5 Å². The van der Waals surface area contributed by atoms with Gasteiger partial charge < -0.3 is 4.74 Å². The largest absolute Gasteiger partial charge is 0.435 e. The Labute approximate surface area is 160 Å². The first kappa shape index (κ1) is 19.2. The molecule has 0 aliphatic carbocycles. The normalized spacial score (nSPS) is 10.8. The molecule has 1 aromatic heterocycles. The van der Waals surface area contributed by atoms with E-state index in [0.717, 1.165) is 11.3 Å². The molecule has 0 radical (unpaired) electrons. The summed E-state index contributed by atoms with van der Waals surface area (Å²) in [5, 5.41) is 10.6. The molecule has 0 aliphatic rings. The highest BCUT2D eigenvalue weighted by Crippen LogP contribution is 2.29. The number of hydrogen-bond acceptors (Lipinski definition) is 6. The van der Waals surface area contributed by atoms with Crippen LogP contribution in [0.25, 0.3) is 0 Å². The number of benzene rings is 2. The van der Waals surface area contributed by atoms with Gasteiger partial charge in [0.25, 0.3) is 5.91 Å². The number of aromatic nitrogens is 2. The van der Waals surface area contributed by atoms with E-state index in [1.54, 1.807) is 18.2 Å². The minimum atomic E-state index is -2.97. The fourth-order valence-corrected chi connectivity index (χ4v) is 3.79. The Balaban J connectivity index is 1.60. The highest BCUT2D eigenvalue weighted by atomic mass is 32.2. The number of thioether (sulfide) groups is 1. The summed E-state index contributed by atoms with van der Waals surface area (Å²) in [5.41, 5.74) is 0.683. The molecule has 140 valence electrons. The van der Waals surface area contributed by atoms with Crippen molar-refractivity contribution in [3.8, 4) is 5.75 Å². The average Bonchev–Trinajstić information content (AvgIpc) is 3.08. The summed E-state index contributed by atoms with van der Waals surface area (Å²) in [4.78, 5) is 12.2. The second-order valence-corrected chi connectivity index (χ2v) is 7.31. The van der Waals surface area contributed by atoms with Crippen LogP contribution in [0.5, 0.6) is 5.75 Å².